The first kappa shape index (κ1) is 9.31. The van der Waals surface area contributed by atoms with Crippen molar-refractivity contribution in [2.75, 3.05) is 20.3 Å². The molecule has 0 saturated heterocycles. The second-order valence-corrected chi connectivity index (χ2v) is 1.63. The van der Waals surface area contributed by atoms with Gasteiger partial charge in [0, 0.05) is 7.05 Å². The highest BCUT2D eigenvalue weighted by atomic mass is 16.5. The smallest absolute Gasteiger partial charge is 0.321 e. The van der Waals surface area contributed by atoms with E-state index in [4.69, 9.17) is 11.6 Å². The molecule has 0 amide bonds. The van der Waals surface area contributed by atoms with E-state index in [9.17, 15) is 4.79 Å². The third-order valence-electron chi connectivity index (χ3n) is 0.714. The molecule has 0 aromatic carbocycles. The molecular formula is C4H12N4O2. The van der Waals surface area contributed by atoms with Gasteiger partial charge >= 0.3 is 5.97 Å². The van der Waals surface area contributed by atoms with Crippen LogP contribution in [0.3, 0.4) is 0 Å². The maximum atomic E-state index is 10.3. The Balaban J connectivity index is 3.12. The summed E-state index contributed by atoms with van der Waals surface area (Å²) in [5.74, 6) is 4.66. The first-order valence-electron chi connectivity index (χ1n) is 2.74. The van der Waals surface area contributed by atoms with Crippen molar-refractivity contribution in [2.45, 2.75) is 0 Å². The maximum Gasteiger partial charge on any atom is 0.321 e. The number of esters is 1. The van der Waals surface area contributed by atoms with Crippen molar-refractivity contribution in [1.29, 1.82) is 0 Å². The Labute approximate surface area is 59.0 Å². The highest BCUT2D eigenvalue weighted by Crippen LogP contribution is 1.70. The van der Waals surface area contributed by atoms with Crippen LogP contribution in [0.1, 0.15) is 0 Å². The molecule has 6 nitrogen and oxygen atoms in total. The number of carbonyl (C=O) groups is 1. The predicted octanol–water partition coefficient (Wildman–Crippen LogP) is -2.24. The van der Waals surface area contributed by atoms with Crippen LogP contribution in [0.4, 0.5) is 0 Å². The molecular weight excluding hydrogens is 136 g/mol. The van der Waals surface area contributed by atoms with Gasteiger partial charge in [-0.05, 0) is 0 Å². The van der Waals surface area contributed by atoms with Gasteiger partial charge in [-0.25, -0.2) is 5.43 Å². The lowest BCUT2D eigenvalue weighted by molar-refractivity contribution is -0.144. The van der Waals surface area contributed by atoms with Crippen molar-refractivity contribution in [3.63, 3.8) is 0 Å². The fourth-order valence-electron chi connectivity index (χ4n) is 0.274. The summed E-state index contributed by atoms with van der Waals surface area (Å²) in [6, 6.07) is 0. The summed E-state index contributed by atoms with van der Waals surface area (Å²) < 4.78 is 4.51. The van der Waals surface area contributed by atoms with Crippen molar-refractivity contribution < 1.29 is 9.53 Å². The summed E-state index contributed by atoms with van der Waals surface area (Å²) in [5, 5.41) is 1.18. The van der Waals surface area contributed by atoms with E-state index >= 15 is 0 Å². The van der Waals surface area contributed by atoms with Crippen LogP contribution >= 0.6 is 0 Å². The number of nitrogens with one attached hydrogen (secondary N) is 1. The topological polar surface area (TPSA) is 93.6 Å². The summed E-state index contributed by atoms with van der Waals surface area (Å²) in [6.07, 6.45) is 0. The molecule has 0 aromatic rings. The lowest BCUT2D eigenvalue weighted by Gasteiger charge is -2.10. The number of rotatable bonds is 4. The molecule has 0 rings (SSSR count). The van der Waals surface area contributed by atoms with Crippen LogP contribution in [0.5, 0.6) is 0 Å². The van der Waals surface area contributed by atoms with Crippen LogP contribution < -0.4 is 17.0 Å². The number of carbonyl (C=O) groups excluding carboxylic acids is 1. The van der Waals surface area contributed by atoms with Crippen LogP contribution in [0.2, 0.25) is 0 Å². The minimum atomic E-state index is -0.464. The van der Waals surface area contributed by atoms with Gasteiger partial charge in [-0.3, -0.25) is 10.6 Å². The van der Waals surface area contributed by atoms with Gasteiger partial charge in [-0.2, -0.15) is 5.12 Å². The van der Waals surface area contributed by atoms with E-state index in [0.29, 0.717) is 0 Å². The van der Waals surface area contributed by atoms with E-state index in [-0.39, 0.29) is 13.3 Å². The second kappa shape index (κ2) is 5.12. The highest BCUT2D eigenvalue weighted by Gasteiger charge is 1.96. The molecule has 0 unspecified atom stereocenters. The molecule has 0 atom stereocenters. The van der Waals surface area contributed by atoms with Crippen LogP contribution in [-0.4, -0.2) is 31.4 Å². The molecule has 60 valence electrons. The third kappa shape index (κ3) is 5.45. The number of ether oxygens (including phenoxy) is 1. The molecule has 0 aromatic heterocycles. The standard InChI is InChI=1S/C4H12N4O2/c1-8(6)7-3-10-4(9)2-5/h7H,2-3,5-6H2,1H3. The fourth-order valence-corrected chi connectivity index (χ4v) is 0.274. The zero-order valence-corrected chi connectivity index (χ0v) is 5.83. The number of hydrazine groups is 2. The van der Waals surface area contributed by atoms with Gasteiger partial charge in [0.05, 0.1) is 6.54 Å². The normalized spacial score (nSPS) is 10.0. The lowest BCUT2D eigenvalue weighted by Crippen LogP contribution is -2.42. The molecule has 0 radical (unpaired) electrons. The zero-order chi connectivity index (χ0) is 7.98. The van der Waals surface area contributed by atoms with Gasteiger partial charge in [0.25, 0.3) is 0 Å². The zero-order valence-electron chi connectivity index (χ0n) is 5.83. The van der Waals surface area contributed by atoms with Gasteiger partial charge in [-0.15, -0.1) is 0 Å². The number of hydrogen-bond acceptors (Lipinski definition) is 6. The summed E-state index contributed by atoms with van der Waals surface area (Å²) in [6.45, 7) is -0.0704. The van der Waals surface area contributed by atoms with E-state index in [1.54, 1.807) is 7.05 Å². The fraction of sp³-hybridized carbons (Fsp3) is 0.750. The monoisotopic (exact) mass is 148 g/mol. The summed E-state index contributed by atoms with van der Waals surface area (Å²) in [5.41, 5.74) is 7.46. The van der Waals surface area contributed by atoms with E-state index < -0.39 is 5.97 Å². The van der Waals surface area contributed by atoms with Crippen molar-refractivity contribution in [3.8, 4) is 0 Å². The SMILES string of the molecule is CN(N)NCOC(=O)CN. The molecule has 0 aliphatic rings. The molecule has 0 bridgehead atoms. The van der Waals surface area contributed by atoms with E-state index in [2.05, 4.69) is 10.2 Å². The average Bonchev–Trinajstić information content (AvgIpc) is 1.87. The molecule has 0 fully saturated rings. The van der Waals surface area contributed by atoms with Crippen molar-refractivity contribution in [3.05, 3.63) is 0 Å². The Morgan fingerprint density at radius 3 is 2.80 bits per heavy atom. The summed E-state index contributed by atoms with van der Waals surface area (Å²) in [7, 11) is 1.58. The van der Waals surface area contributed by atoms with E-state index in [1.807, 2.05) is 0 Å². The average molecular weight is 148 g/mol. The Morgan fingerprint density at radius 2 is 2.40 bits per heavy atom. The van der Waals surface area contributed by atoms with Gasteiger partial charge < -0.3 is 10.5 Å². The van der Waals surface area contributed by atoms with Gasteiger partial charge in [-0.1, -0.05) is 0 Å². The van der Waals surface area contributed by atoms with Crippen LogP contribution in [0.15, 0.2) is 0 Å². The Kier molecular flexibility index (Phi) is 4.77. The minimum absolute atomic E-state index is 0.0447. The van der Waals surface area contributed by atoms with Crippen LogP contribution in [0.25, 0.3) is 0 Å². The molecule has 6 heteroatoms. The van der Waals surface area contributed by atoms with E-state index in [1.165, 1.54) is 5.12 Å². The minimum Gasteiger partial charge on any atom is -0.447 e. The number of nitrogens with zero attached hydrogens (tertiary/aromatic N) is 1. The number of nitrogens with two attached hydrogens (primary N) is 2. The van der Waals surface area contributed by atoms with Crippen molar-refractivity contribution in [1.82, 2.24) is 10.5 Å². The Hall–Kier alpha value is -0.690. The van der Waals surface area contributed by atoms with Crippen LogP contribution in [-0.2, 0) is 9.53 Å². The predicted molar refractivity (Wildman–Crippen MR) is 35.1 cm³/mol. The first-order chi connectivity index (χ1) is 4.66. The highest BCUT2D eigenvalue weighted by molar-refractivity contribution is 5.71. The van der Waals surface area contributed by atoms with Crippen molar-refractivity contribution in [2.24, 2.45) is 11.6 Å². The molecule has 0 aliphatic carbocycles. The van der Waals surface area contributed by atoms with Gasteiger partial charge in [0.15, 0.2) is 6.73 Å². The summed E-state index contributed by atoms with van der Waals surface area (Å²) in [4.78, 5) is 10.3. The van der Waals surface area contributed by atoms with Crippen molar-refractivity contribution >= 4 is 5.97 Å². The third-order valence-corrected chi connectivity index (χ3v) is 0.714. The molecule has 10 heavy (non-hydrogen) atoms. The van der Waals surface area contributed by atoms with Crippen LogP contribution in [0, 0.1) is 0 Å². The lowest BCUT2D eigenvalue weighted by atomic mass is 10.7. The number of hydrogen-bond donors (Lipinski definition) is 3. The maximum absolute atomic E-state index is 10.3. The van der Waals surface area contributed by atoms with Gasteiger partial charge in [0.2, 0.25) is 0 Å². The molecule has 0 spiro atoms. The van der Waals surface area contributed by atoms with E-state index in [0.717, 1.165) is 0 Å². The van der Waals surface area contributed by atoms with Gasteiger partial charge in [0.1, 0.15) is 0 Å². The second-order valence-electron chi connectivity index (χ2n) is 1.63. The largest absolute Gasteiger partial charge is 0.447 e. The molecule has 5 N–H and O–H groups in total. The summed E-state index contributed by atoms with van der Waals surface area (Å²) >= 11 is 0. The molecule has 0 saturated carbocycles. The molecule has 0 heterocycles. The quantitative estimate of drug-likeness (QED) is 0.180. The first-order valence-corrected chi connectivity index (χ1v) is 2.74. The Morgan fingerprint density at radius 1 is 1.80 bits per heavy atom. The Bertz CT molecular complexity index is 105. The molecule has 0 aliphatic heterocycles.